The molecule has 10 heteroatoms. The third-order valence-electron chi connectivity index (χ3n) is 6.63. The minimum absolute atomic E-state index is 0.109. The van der Waals surface area contributed by atoms with Crippen LogP contribution in [-0.2, 0) is 22.5 Å². The van der Waals surface area contributed by atoms with E-state index in [4.69, 9.17) is 4.74 Å². The molecule has 0 radical (unpaired) electrons. The summed E-state index contributed by atoms with van der Waals surface area (Å²) in [7, 11) is 1.61. The lowest BCUT2D eigenvalue weighted by molar-refractivity contribution is -0.143. The number of ketones is 1. The number of para-hydroxylation sites is 1. The molecule has 5 aromatic rings. The topological polar surface area (TPSA) is 99.3 Å². The lowest BCUT2D eigenvalue weighted by atomic mass is 10.0. The number of hydrogen-bond donors (Lipinski definition) is 0. The van der Waals surface area contributed by atoms with Gasteiger partial charge in [-0.05, 0) is 38.5 Å². The van der Waals surface area contributed by atoms with Crippen molar-refractivity contribution in [1.29, 1.82) is 0 Å². The van der Waals surface area contributed by atoms with Gasteiger partial charge in [-0.3, -0.25) is 23.9 Å². The van der Waals surface area contributed by atoms with Gasteiger partial charge in [-0.2, -0.15) is 0 Å². The number of rotatable bonds is 9. The van der Waals surface area contributed by atoms with E-state index in [0.717, 1.165) is 22.2 Å². The van der Waals surface area contributed by atoms with Gasteiger partial charge in [-0.1, -0.05) is 55.5 Å². The van der Waals surface area contributed by atoms with E-state index in [9.17, 15) is 14.4 Å². The summed E-state index contributed by atoms with van der Waals surface area (Å²) >= 11 is 1.47. The highest BCUT2D eigenvalue weighted by atomic mass is 32.1. The number of hydrogen-bond acceptors (Lipinski definition) is 7. The number of ether oxygens (including phenoxy) is 1. The van der Waals surface area contributed by atoms with E-state index in [1.807, 2.05) is 55.5 Å². The smallest absolute Gasteiger partial charge is 0.325 e. The first-order chi connectivity index (χ1) is 19.3. The first-order valence-corrected chi connectivity index (χ1v) is 13.8. The molecule has 40 heavy (non-hydrogen) atoms. The van der Waals surface area contributed by atoms with Crippen molar-refractivity contribution in [1.82, 2.24) is 19.3 Å². The molecule has 0 fully saturated rings. The standard InChI is InChI=1S/C30H29N5O4S/c1-5-22-17-23(27(37)20-12-8-7-9-13-20)29(40-22)35-19(3)31-32-30(35)33(4)28(38)25-16-21-14-10-11-15-24(21)34(25)18-26(36)39-6-2/h7-17H,5-6,18H2,1-4H3. The number of amides is 1. The van der Waals surface area contributed by atoms with Gasteiger partial charge in [0.2, 0.25) is 5.95 Å². The SMILES string of the molecule is CCOC(=O)Cn1c(C(=O)N(C)c2nnc(C)n2-c2sc(CC)cc2C(=O)c2ccccc2)cc2ccccc21. The minimum atomic E-state index is -0.436. The maximum Gasteiger partial charge on any atom is 0.325 e. The number of aryl methyl sites for hydroxylation is 2. The largest absolute Gasteiger partial charge is 0.465 e. The summed E-state index contributed by atoms with van der Waals surface area (Å²) in [4.78, 5) is 42.4. The molecule has 0 bridgehead atoms. The first-order valence-electron chi connectivity index (χ1n) is 13.0. The van der Waals surface area contributed by atoms with Crippen molar-refractivity contribution in [2.45, 2.75) is 33.7 Å². The first kappa shape index (κ1) is 27.0. The highest BCUT2D eigenvalue weighted by Gasteiger charge is 2.28. The Labute approximate surface area is 235 Å². The summed E-state index contributed by atoms with van der Waals surface area (Å²) in [6.07, 6.45) is 0.749. The Bertz CT molecular complexity index is 1720. The predicted molar refractivity (Wildman–Crippen MR) is 155 cm³/mol. The number of fused-ring (bicyclic) bond motifs is 1. The molecule has 3 aromatic heterocycles. The van der Waals surface area contributed by atoms with Crippen LogP contribution >= 0.6 is 11.3 Å². The molecule has 2 aromatic carbocycles. The Morgan fingerprint density at radius 2 is 1.70 bits per heavy atom. The van der Waals surface area contributed by atoms with Gasteiger partial charge < -0.3 is 9.30 Å². The van der Waals surface area contributed by atoms with Crippen molar-refractivity contribution in [2.75, 3.05) is 18.6 Å². The van der Waals surface area contributed by atoms with Gasteiger partial charge in [0.25, 0.3) is 5.91 Å². The van der Waals surface area contributed by atoms with Crippen molar-refractivity contribution in [3.05, 3.63) is 94.3 Å². The zero-order chi connectivity index (χ0) is 28.4. The fourth-order valence-corrected chi connectivity index (χ4v) is 5.78. The maximum absolute atomic E-state index is 14.0. The molecule has 0 aliphatic carbocycles. The van der Waals surface area contributed by atoms with Crippen LogP contribution in [0.25, 0.3) is 15.9 Å². The number of esters is 1. The molecule has 1 amide bonds. The van der Waals surface area contributed by atoms with E-state index in [2.05, 4.69) is 10.2 Å². The molecular formula is C30H29N5O4S. The zero-order valence-electron chi connectivity index (χ0n) is 22.7. The van der Waals surface area contributed by atoms with Crippen molar-refractivity contribution in [2.24, 2.45) is 0 Å². The lowest BCUT2D eigenvalue weighted by Gasteiger charge is -2.19. The highest BCUT2D eigenvalue weighted by Crippen LogP contribution is 2.33. The Morgan fingerprint density at radius 3 is 2.42 bits per heavy atom. The van der Waals surface area contributed by atoms with E-state index in [1.54, 1.807) is 48.2 Å². The van der Waals surface area contributed by atoms with Gasteiger partial charge in [-0.25, -0.2) is 0 Å². The molecule has 0 saturated carbocycles. The highest BCUT2D eigenvalue weighted by molar-refractivity contribution is 7.15. The second-order valence-corrected chi connectivity index (χ2v) is 10.3. The summed E-state index contributed by atoms with van der Waals surface area (Å²) in [6.45, 7) is 5.70. The summed E-state index contributed by atoms with van der Waals surface area (Å²) in [5, 5.41) is 10.1. The summed E-state index contributed by atoms with van der Waals surface area (Å²) in [5.74, 6) is -0.129. The Balaban J connectivity index is 1.58. The van der Waals surface area contributed by atoms with Crippen LogP contribution in [0.15, 0.2) is 66.7 Å². The van der Waals surface area contributed by atoms with Crippen LogP contribution in [0.3, 0.4) is 0 Å². The van der Waals surface area contributed by atoms with E-state index in [0.29, 0.717) is 27.6 Å². The zero-order valence-corrected chi connectivity index (χ0v) is 23.6. The maximum atomic E-state index is 14.0. The number of aromatic nitrogens is 4. The lowest BCUT2D eigenvalue weighted by Crippen LogP contribution is -2.31. The van der Waals surface area contributed by atoms with Crippen LogP contribution in [0.4, 0.5) is 5.95 Å². The van der Waals surface area contributed by atoms with E-state index >= 15 is 0 Å². The fourth-order valence-electron chi connectivity index (χ4n) is 4.64. The Hall–Kier alpha value is -4.57. The van der Waals surface area contributed by atoms with Crippen molar-refractivity contribution in [3.8, 4) is 5.00 Å². The van der Waals surface area contributed by atoms with Crippen LogP contribution in [0.5, 0.6) is 0 Å². The molecular weight excluding hydrogens is 526 g/mol. The number of anilines is 1. The molecule has 3 heterocycles. The van der Waals surface area contributed by atoms with Gasteiger partial charge in [0.05, 0.1) is 12.2 Å². The Kier molecular flexibility index (Phi) is 7.61. The molecule has 0 aliphatic rings. The molecule has 9 nitrogen and oxygen atoms in total. The second-order valence-electron chi connectivity index (χ2n) is 9.21. The average molecular weight is 556 g/mol. The monoisotopic (exact) mass is 555 g/mol. The van der Waals surface area contributed by atoms with E-state index < -0.39 is 5.97 Å². The molecule has 0 N–H and O–H groups in total. The van der Waals surface area contributed by atoms with Crippen molar-refractivity contribution in [3.63, 3.8) is 0 Å². The quantitative estimate of drug-likeness (QED) is 0.183. The second kappa shape index (κ2) is 11.3. The fraction of sp³-hybridized carbons (Fsp3) is 0.233. The molecule has 0 spiro atoms. The van der Waals surface area contributed by atoms with Crippen LogP contribution < -0.4 is 4.90 Å². The third kappa shape index (κ3) is 4.93. The average Bonchev–Trinajstić information content (AvgIpc) is 3.67. The number of benzene rings is 2. The van der Waals surface area contributed by atoms with Crippen LogP contribution in [-0.4, -0.2) is 50.6 Å². The van der Waals surface area contributed by atoms with Gasteiger partial charge in [0, 0.05) is 28.4 Å². The van der Waals surface area contributed by atoms with Crippen LogP contribution in [0.2, 0.25) is 0 Å². The molecule has 0 saturated heterocycles. The van der Waals surface area contributed by atoms with Gasteiger partial charge in [-0.15, -0.1) is 21.5 Å². The van der Waals surface area contributed by atoms with Crippen LogP contribution in [0, 0.1) is 6.92 Å². The third-order valence-corrected chi connectivity index (χ3v) is 7.89. The number of nitrogens with zero attached hydrogens (tertiary/aromatic N) is 5. The molecule has 0 unspecified atom stereocenters. The van der Waals surface area contributed by atoms with Gasteiger partial charge in [0.1, 0.15) is 23.1 Å². The van der Waals surface area contributed by atoms with E-state index in [-0.39, 0.29) is 30.8 Å². The van der Waals surface area contributed by atoms with Crippen LogP contribution in [0.1, 0.15) is 51.0 Å². The number of carbonyl (C=O) groups is 3. The summed E-state index contributed by atoms with van der Waals surface area (Å²) in [6, 6.07) is 20.2. The molecule has 5 rings (SSSR count). The van der Waals surface area contributed by atoms with E-state index in [1.165, 1.54) is 16.2 Å². The summed E-state index contributed by atoms with van der Waals surface area (Å²) < 4.78 is 8.57. The Morgan fingerprint density at radius 1 is 0.975 bits per heavy atom. The number of thiophene rings is 1. The normalized spacial score (nSPS) is 11.1. The van der Waals surface area contributed by atoms with Crippen molar-refractivity contribution >= 4 is 45.8 Å². The molecule has 204 valence electrons. The summed E-state index contributed by atoms with van der Waals surface area (Å²) in [5.41, 5.74) is 2.15. The predicted octanol–water partition coefficient (Wildman–Crippen LogP) is 5.23. The van der Waals surface area contributed by atoms with Gasteiger partial charge in [0.15, 0.2) is 5.78 Å². The number of carbonyl (C=O) groups excluding carboxylic acids is 3. The van der Waals surface area contributed by atoms with Crippen molar-refractivity contribution < 1.29 is 19.1 Å². The molecule has 0 atom stereocenters. The molecule has 0 aliphatic heterocycles. The minimum Gasteiger partial charge on any atom is -0.465 e. The van der Waals surface area contributed by atoms with Gasteiger partial charge >= 0.3 is 5.97 Å².